The predicted octanol–water partition coefficient (Wildman–Crippen LogP) is 0.322. The van der Waals surface area contributed by atoms with Gasteiger partial charge in [0.2, 0.25) is 5.91 Å². The monoisotopic (exact) mass is 158 g/mol. The van der Waals surface area contributed by atoms with Crippen LogP contribution in [-0.4, -0.2) is 27.4 Å². The van der Waals surface area contributed by atoms with Gasteiger partial charge in [-0.3, -0.25) is 4.79 Å². The molecule has 1 aliphatic rings. The topological polar surface area (TPSA) is 52.6 Å². The molecule has 0 aromatic rings. The third-order valence-corrected chi connectivity index (χ3v) is 2.03. The summed E-state index contributed by atoms with van der Waals surface area (Å²) in [6.07, 6.45) is 0. The van der Waals surface area contributed by atoms with Crippen molar-refractivity contribution >= 4 is 5.91 Å². The van der Waals surface area contributed by atoms with Gasteiger partial charge < -0.3 is 10.5 Å². The Hall–Kier alpha value is -0.610. The maximum atomic E-state index is 11.2. The number of hydrogen-bond acceptors (Lipinski definition) is 3. The Kier molecular flexibility index (Phi) is 1.51. The van der Waals surface area contributed by atoms with Gasteiger partial charge in [-0.2, -0.15) is 5.06 Å². The Balaban J connectivity index is 2.98. The molecule has 1 rings (SSSR count). The quantitative estimate of drug-likeness (QED) is 0.534. The molecule has 64 valence electrons. The van der Waals surface area contributed by atoms with E-state index in [2.05, 4.69) is 5.32 Å². The summed E-state index contributed by atoms with van der Waals surface area (Å²) in [4.78, 5) is 11.2. The van der Waals surface area contributed by atoms with Crippen molar-refractivity contribution < 1.29 is 10.0 Å². The van der Waals surface area contributed by atoms with Crippen LogP contribution in [0.1, 0.15) is 27.7 Å². The Morgan fingerprint density at radius 2 is 1.82 bits per heavy atom. The zero-order valence-electron chi connectivity index (χ0n) is 7.30. The van der Waals surface area contributed by atoms with Crippen molar-refractivity contribution in [1.29, 1.82) is 0 Å². The van der Waals surface area contributed by atoms with E-state index in [1.807, 2.05) is 0 Å². The largest absolute Gasteiger partial charge is 0.335 e. The lowest BCUT2D eigenvalue weighted by Gasteiger charge is -2.30. The van der Waals surface area contributed by atoms with E-state index < -0.39 is 11.2 Å². The van der Waals surface area contributed by atoms with Crippen molar-refractivity contribution in [3.8, 4) is 0 Å². The molecule has 1 aliphatic heterocycles. The summed E-state index contributed by atoms with van der Waals surface area (Å²) >= 11 is 0. The first kappa shape index (κ1) is 8.49. The van der Waals surface area contributed by atoms with Crippen molar-refractivity contribution in [2.75, 3.05) is 0 Å². The van der Waals surface area contributed by atoms with Crippen LogP contribution in [0.15, 0.2) is 0 Å². The number of hydroxylamine groups is 2. The fourth-order valence-corrected chi connectivity index (χ4v) is 1.28. The van der Waals surface area contributed by atoms with Crippen molar-refractivity contribution in [2.24, 2.45) is 0 Å². The molecule has 0 saturated carbocycles. The first-order valence-corrected chi connectivity index (χ1v) is 3.60. The van der Waals surface area contributed by atoms with Crippen molar-refractivity contribution in [2.45, 2.75) is 38.9 Å². The normalized spacial score (nSPS) is 28.6. The zero-order chi connectivity index (χ0) is 8.86. The molecule has 2 N–H and O–H groups in total. The first-order valence-electron chi connectivity index (χ1n) is 3.60. The Morgan fingerprint density at radius 1 is 1.36 bits per heavy atom. The molecule has 0 bridgehead atoms. The summed E-state index contributed by atoms with van der Waals surface area (Å²) in [5, 5.41) is 13.2. The molecular formula is C7H14N2O2. The van der Waals surface area contributed by atoms with Crippen LogP contribution in [0.4, 0.5) is 0 Å². The Morgan fingerprint density at radius 3 is 1.91 bits per heavy atom. The van der Waals surface area contributed by atoms with E-state index in [-0.39, 0.29) is 5.91 Å². The molecule has 11 heavy (non-hydrogen) atoms. The van der Waals surface area contributed by atoms with E-state index in [1.165, 1.54) is 0 Å². The van der Waals surface area contributed by atoms with Crippen molar-refractivity contribution in [3.63, 3.8) is 0 Å². The zero-order valence-corrected chi connectivity index (χ0v) is 7.30. The van der Waals surface area contributed by atoms with E-state index in [0.29, 0.717) is 0 Å². The van der Waals surface area contributed by atoms with Crippen LogP contribution in [0, 0.1) is 0 Å². The van der Waals surface area contributed by atoms with Crippen LogP contribution in [0.3, 0.4) is 0 Å². The second kappa shape index (κ2) is 1.95. The third kappa shape index (κ3) is 1.02. The third-order valence-electron chi connectivity index (χ3n) is 2.03. The summed E-state index contributed by atoms with van der Waals surface area (Å²) < 4.78 is 0. The van der Waals surface area contributed by atoms with Gasteiger partial charge in [0.1, 0.15) is 11.2 Å². The molecule has 0 radical (unpaired) electrons. The van der Waals surface area contributed by atoms with Crippen LogP contribution in [0.25, 0.3) is 0 Å². The number of amides is 1. The van der Waals surface area contributed by atoms with Gasteiger partial charge in [-0.25, -0.2) is 0 Å². The first-order chi connectivity index (χ1) is 4.78. The van der Waals surface area contributed by atoms with Gasteiger partial charge >= 0.3 is 0 Å². The predicted molar refractivity (Wildman–Crippen MR) is 39.9 cm³/mol. The summed E-state index contributed by atoms with van der Waals surface area (Å²) in [6, 6.07) is 0. The van der Waals surface area contributed by atoms with Gasteiger partial charge in [0, 0.05) is 0 Å². The van der Waals surface area contributed by atoms with E-state index in [0.717, 1.165) is 5.06 Å². The number of rotatable bonds is 0. The van der Waals surface area contributed by atoms with Gasteiger partial charge in [-0.05, 0) is 27.7 Å². The molecule has 0 spiro atoms. The van der Waals surface area contributed by atoms with Crippen LogP contribution >= 0.6 is 0 Å². The number of hydrogen-bond donors (Lipinski definition) is 2. The molecule has 1 amide bonds. The summed E-state index contributed by atoms with van der Waals surface area (Å²) in [7, 11) is 0. The van der Waals surface area contributed by atoms with Gasteiger partial charge in [-0.15, -0.1) is 0 Å². The lowest BCUT2D eigenvalue weighted by molar-refractivity contribution is -0.195. The molecule has 1 saturated heterocycles. The SMILES string of the molecule is CC1(C)NC(=O)C(C)(C)N1O. The lowest BCUT2D eigenvalue weighted by Crippen LogP contribution is -2.48. The highest BCUT2D eigenvalue weighted by molar-refractivity contribution is 5.88. The molecule has 0 aromatic heterocycles. The average molecular weight is 158 g/mol. The highest BCUT2D eigenvalue weighted by Gasteiger charge is 2.50. The average Bonchev–Trinajstić information content (AvgIpc) is 1.94. The van der Waals surface area contributed by atoms with Crippen LogP contribution in [0.5, 0.6) is 0 Å². The summed E-state index contributed by atoms with van der Waals surface area (Å²) in [5.74, 6) is -0.148. The fraction of sp³-hybridized carbons (Fsp3) is 0.857. The van der Waals surface area contributed by atoms with Crippen molar-refractivity contribution in [1.82, 2.24) is 10.4 Å². The van der Waals surface area contributed by atoms with E-state index in [1.54, 1.807) is 27.7 Å². The van der Waals surface area contributed by atoms with Crippen LogP contribution in [0.2, 0.25) is 0 Å². The molecule has 1 heterocycles. The minimum absolute atomic E-state index is 0.148. The molecule has 4 nitrogen and oxygen atoms in total. The molecule has 0 unspecified atom stereocenters. The van der Waals surface area contributed by atoms with Crippen molar-refractivity contribution in [3.05, 3.63) is 0 Å². The number of carbonyl (C=O) groups excluding carboxylic acids is 1. The molecule has 4 heteroatoms. The molecule has 1 fully saturated rings. The minimum Gasteiger partial charge on any atom is -0.335 e. The molecule has 0 atom stereocenters. The maximum Gasteiger partial charge on any atom is 0.243 e. The molecule has 0 aliphatic carbocycles. The van der Waals surface area contributed by atoms with Gasteiger partial charge in [0.15, 0.2) is 0 Å². The second-order valence-electron chi connectivity index (χ2n) is 3.88. The van der Waals surface area contributed by atoms with E-state index >= 15 is 0 Å². The Labute approximate surface area is 66.1 Å². The standard InChI is InChI=1S/C7H14N2O2/c1-6(2)5(10)8-7(3,4)9(6)11/h11H,1-4H3,(H,8,10). The van der Waals surface area contributed by atoms with E-state index in [9.17, 15) is 10.0 Å². The number of carbonyl (C=O) groups is 1. The maximum absolute atomic E-state index is 11.2. The van der Waals surface area contributed by atoms with Crippen LogP contribution in [-0.2, 0) is 4.79 Å². The molecular weight excluding hydrogens is 144 g/mol. The number of nitrogens with zero attached hydrogens (tertiary/aromatic N) is 1. The number of nitrogens with one attached hydrogen (secondary N) is 1. The highest BCUT2D eigenvalue weighted by Crippen LogP contribution is 2.27. The van der Waals surface area contributed by atoms with Crippen LogP contribution < -0.4 is 5.32 Å². The van der Waals surface area contributed by atoms with Gasteiger partial charge in [-0.1, -0.05) is 0 Å². The Bertz CT molecular complexity index is 199. The smallest absolute Gasteiger partial charge is 0.243 e. The lowest BCUT2D eigenvalue weighted by atomic mass is 10.1. The van der Waals surface area contributed by atoms with E-state index in [4.69, 9.17) is 0 Å². The summed E-state index contributed by atoms with van der Waals surface area (Å²) in [6.45, 7) is 6.85. The fourth-order valence-electron chi connectivity index (χ4n) is 1.28. The second-order valence-corrected chi connectivity index (χ2v) is 3.88. The van der Waals surface area contributed by atoms with Gasteiger partial charge in [0.05, 0.1) is 0 Å². The minimum atomic E-state index is -0.816. The summed E-state index contributed by atoms with van der Waals surface area (Å²) in [5.41, 5.74) is -1.47. The molecule has 0 aromatic carbocycles. The highest BCUT2D eigenvalue weighted by atomic mass is 16.5. The van der Waals surface area contributed by atoms with Gasteiger partial charge in [0.25, 0.3) is 0 Å².